The molecule has 2 rings (SSSR count). The van der Waals surface area contributed by atoms with Crippen LogP contribution in [0.15, 0.2) is 36.5 Å². The molecule has 20 heavy (non-hydrogen) atoms. The summed E-state index contributed by atoms with van der Waals surface area (Å²) < 4.78 is 43.5. The number of rotatable bonds is 2. The average Bonchev–Trinajstić information content (AvgIpc) is 2.45. The molecular formula is C14H9F3N2O. The van der Waals surface area contributed by atoms with Crippen molar-refractivity contribution >= 4 is 0 Å². The number of nitrogens with zero attached hydrogens (tertiary/aromatic N) is 2. The van der Waals surface area contributed by atoms with Crippen LogP contribution in [0.3, 0.4) is 0 Å². The summed E-state index contributed by atoms with van der Waals surface area (Å²) in [5.74, 6) is 0.204. The van der Waals surface area contributed by atoms with Crippen LogP contribution >= 0.6 is 0 Å². The van der Waals surface area contributed by atoms with Gasteiger partial charge < -0.3 is 4.74 Å². The van der Waals surface area contributed by atoms with Crippen molar-refractivity contribution in [2.75, 3.05) is 7.11 Å². The molecule has 0 saturated heterocycles. The normalized spacial score (nSPS) is 10.9. The quantitative estimate of drug-likeness (QED) is 0.842. The minimum Gasteiger partial charge on any atom is -0.481 e. The van der Waals surface area contributed by atoms with Crippen LogP contribution in [-0.2, 0) is 6.18 Å². The Kier molecular flexibility index (Phi) is 3.61. The van der Waals surface area contributed by atoms with Crippen molar-refractivity contribution in [3.63, 3.8) is 0 Å². The Hall–Kier alpha value is -2.55. The molecule has 1 aromatic heterocycles. The highest BCUT2D eigenvalue weighted by molar-refractivity contribution is 5.70. The van der Waals surface area contributed by atoms with Gasteiger partial charge in [0, 0.05) is 11.8 Å². The van der Waals surface area contributed by atoms with Gasteiger partial charge in [-0.15, -0.1) is 0 Å². The Bertz CT molecular complexity index is 675. The monoisotopic (exact) mass is 278 g/mol. The number of hydrogen-bond acceptors (Lipinski definition) is 3. The molecule has 0 amide bonds. The first-order chi connectivity index (χ1) is 9.45. The summed E-state index contributed by atoms with van der Waals surface area (Å²) in [5, 5.41) is 8.86. The summed E-state index contributed by atoms with van der Waals surface area (Å²) in [5.41, 5.74) is -0.308. The summed E-state index contributed by atoms with van der Waals surface area (Å²) in [6.07, 6.45) is -3.04. The second-order valence-electron chi connectivity index (χ2n) is 3.97. The first-order valence-corrected chi connectivity index (χ1v) is 5.57. The Morgan fingerprint density at radius 2 is 2.00 bits per heavy atom. The molecule has 3 nitrogen and oxygen atoms in total. The molecule has 0 bridgehead atoms. The lowest BCUT2D eigenvalue weighted by molar-refractivity contribution is -0.137. The predicted molar refractivity (Wildman–Crippen MR) is 65.9 cm³/mol. The van der Waals surface area contributed by atoms with Crippen molar-refractivity contribution in [2.24, 2.45) is 0 Å². The molecule has 0 unspecified atom stereocenters. The van der Waals surface area contributed by atoms with E-state index in [2.05, 4.69) is 4.98 Å². The zero-order chi connectivity index (χ0) is 14.8. The number of aromatic nitrogens is 1. The third-order valence-corrected chi connectivity index (χ3v) is 2.66. The third-order valence-electron chi connectivity index (χ3n) is 2.66. The van der Waals surface area contributed by atoms with E-state index in [1.807, 2.05) is 0 Å². The third kappa shape index (κ3) is 2.72. The molecule has 0 radical (unpaired) electrons. The number of alkyl halides is 3. The summed E-state index contributed by atoms with van der Waals surface area (Å²) in [4.78, 5) is 3.93. The van der Waals surface area contributed by atoms with E-state index in [-0.39, 0.29) is 17.0 Å². The van der Waals surface area contributed by atoms with Gasteiger partial charge in [0.25, 0.3) is 0 Å². The Morgan fingerprint density at radius 3 is 2.60 bits per heavy atom. The summed E-state index contributed by atoms with van der Waals surface area (Å²) in [6, 6.07) is 8.05. The van der Waals surface area contributed by atoms with Crippen LogP contribution in [0.2, 0.25) is 0 Å². The lowest BCUT2D eigenvalue weighted by Crippen LogP contribution is -2.05. The van der Waals surface area contributed by atoms with Crippen LogP contribution in [0, 0.1) is 11.3 Å². The second kappa shape index (κ2) is 5.21. The van der Waals surface area contributed by atoms with Gasteiger partial charge in [0.2, 0.25) is 5.88 Å². The molecule has 6 heteroatoms. The van der Waals surface area contributed by atoms with Crippen LogP contribution in [0.4, 0.5) is 13.2 Å². The van der Waals surface area contributed by atoms with Crippen LogP contribution in [0.1, 0.15) is 11.1 Å². The van der Waals surface area contributed by atoms with Gasteiger partial charge in [-0.25, -0.2) is 4.98 Å². The smallest absolute Gasteiger partial charge is 0.416 e. The van der Waals surface area contributed by atoms with Gasteiger partial charge in [-0.05, 0) is 35.9 Å². The molecule has 0 aliphatic carbocycles. The highest BCUT2D eigenvalue weighted by Crippen LogP contribution is 2.35. The SMILES string of the molecule is COc1ncccc1-c1cc(C#N)cc(C(F)(F)F)c1. The lowest BCUT2D eigenvalue weighted by atomic mass is 10.0. The average molecular weight is 278 g/mol. The first-order valence-electron chi connectivity index (χ1n) is 5.57. The second-order valence-corrected chi connectivity index (χ2v) is 3.97. The fourth-order valence-electron chi connectivity index (χ4n) is 1.78. The van der Waals surface area contributed by atoms with Gasteiger partial charge >= 0.3 is 6.18 Å². The van der Waals surface area contributed by atoms with Crippen LogP contribution in [0.5, 0.6) is 5.88 Å². The summed E-state index contributed by atoms with van der Waals surface area (Å²) >= 11 is 0. The van der Waals surface area contributed by atoms with Crippen molar-refractivity contribution < 1.29 is 17.9 Å². The van der Waals surface area contributed by atoms with Crippen molar-refractivity contribution in [3.8, 4) is 23.1 Å². The number of hydrogen-bond donors (Lipinski definition) is 0. The Labute approximate surface area is 113 Å². The maximum Gasteiger partial charge on any atom is 0.416 e. The summed E-state index contributed by atoms with van der Waals surface area (Å²) in [6.45, 7) is 0. The van der Waals surface area contributed by atoms with E-state index < -0.39 is 11.7 Å². The molecule has 0 N–H and O–H groups in total. The van der Waals surface area contributed by atoms with Gasteiger partial charge in [0.1, 0.15) is 0 Å². The van der Waals surface area contributed by atoms with E-state index in [9.17, 15) is 13.2 Å². The summed E-state index contributed by atoms with van der Waals surface area (Å²) in [7, 11) is 1.38. The van der Waals surface area contributed by atoms with E-state index in [4.69, 9.17) is 10.00 Å². The topological polar surface area (TPSA) is 45.9 Å². The molecular weight excluding hydrogens is 269 g/mol. The van der Waals surface area contributed by atoms with Gasteiger partial charge in [-0.1, -0.05) is 0 Å². The van der Waals surface area contributed by atoms with E-state index in [1.165, 1.54) is 19.4 Å². The number of ether oxygens (including phenoxy) is 1. The van der Waals surface area contributed by atoms with Crippen molar-refractivity contribution in [3.05, 3.63) is 47.7 Å². The van der Waals surface area contributed by atoms with E-state index >= 15 is 0 Å². The van der Waals surface area contributed by atoms with E-state index in [0.29, 0.717) is 5.56 Å². The van der Waals surface area contributed by atoms with Crippen molar-refractivity contribution in [1.29, 1.82) is 5.26 Å². The molecule has 0 aliphatic rings. The first kappa shape index (κ1) is 13.9. The zero-order valence-electron chi connectivity index (χ0n) is 10.4. The Morgan fingerprint density at radius 1 is 1.25 bits per heavy atom. The minimum atomic E-state index is -4.52. The molecule has 1 heterocycles. The molecule has 2 aromatic rings. The highest BCUT2D eigenvalue weighted by Gasteiger charge is 2.31. The van der Waals surface area contributed by atoms with Crippen molar-refractivity contribution in [1.82, 2.24) is 4.98 Å². The molecule has 0 spiro atoms. The van der Waals surface area contributed by atoms with Crippen LogP contribution in [0.25, 0.3) is 11.1 Å². The maximum atomic E-state index is 12.8. The molecule has 1 aromatic carbocycles. The van der Waals surface area contributed by atoms with Crippen LogP contribution < -0.4 is 4.74 Å². The van der Waals surface area contributed by atoms with E-state index in [1.54, 1.807) is 18.2 Å². The van der Waals surface area contributed by atoms with Gasteiger partial charge in [-0.3, -0.25) is 0 Å². The number of pyridine rings is 1. The number of nitriles is 1. The van der Waals surface area contributed by atoms with Gasteiger partial charge in [0.15, 0.2) is 0 Å². The zero-order valence-corrected chi connectivity index (χ0v) is 10.4. The fourth-order valence-corrected chi connectivity index (χ4v) is 1.78. The lowest BCUT2D eigenvalue weighted by Gasteiger charge is -2.11. The Balaban J connectivity index is 2.66. The number of benzene rings is 1. The van der Waals surface area contributed by atoms with Gasteiger partial charge in [-0.2, -0.15) is 18.4 Å². The number of halogens is 3. The maximum absolute atomic E-state index is 12.8. The molecule has 0 saturated carbocycles. The molecule has 102 valence electrons. The minimum absolute atomic E-state index is 0.0688. The largest absolute Gasteiger partial charge is 0.481 e. The van der Waals surface area contributed by atoms with E-state index in [0.717, 1.165) is 12.1 Å². The number of methoxy groups -OCH3 is 1. The highest BCUT2D eigenvalue weighted by atomic mass is 19.4. The van der Waals surface area contributed by atoms with Crippen LogP contribution in [-0.4, -0.2) is 12.1 Å². The molecule has 0 aliphatic heterocycles. The molecule has 0 atom stereocenters. The van der Waals surface area contributed by atoms with Crippen molar-refractivity contribution in [2.45, 2.75) is 6.18 Å². The molecule has 0 fully saturated rings. The predicted octanol–water partition coefficient (Wildman–Crippen LogP) is 3.65. The fraction of sp³-hybridized carbons (Fsp3) is 0.143. The standard InChI is InChI=1S/C14H9F3N2O/c1-20-13-12(3-2-4-19-13)10-5-9(8-18)6-11(7-10)14(15,16)17/h2-7H,1H3. The van der Waals surface area contributed by atoms with Gasteiger partial charge in [0.05, 0.1) is 24.3 Å².